The van der Waals surface area contributed by atoms with Crippen LogP contribution in [0.5, 0.6) is 0 Å². The number of nitrogens with zero attached hydrogens (tertiary/aromatic N) is 6. The fourth-order valence-electron chi connectivity index (χ4n) is 5.82. The van der Waals surface area contributed by atoms with Gasteiger partial charge < -0.3 is 10.2 Å². The second kappa shape index (κ2) is 10.8. The number of halogens is 1. The first-order valence-corrected chi connectivity index (χ1v) is 13.8. The number of tetrazole rings is 1. The Kier molecular flexibility index (Phi) is 7.08. The average Bonchev–Trinajstić information content (AvgIpc) is 3.52. The van der Waals surface area contributed by atoms with Crippen LogP contribution in [0, 0.1) is 6.92 Å². The zero-order valence-electron chi connectivity index (χ0n) is 22.4. The number of aromatic nitrogens is 4. The number of hydrogen-bond acceptors (Lipinski definition) is 6. The molecule has 1 atom stereocenters. The van der Waals surface area contributed by atoms with Gasteiger partial charge in [-0.15, -0.1) is 5.10 Å². The number of fused-ring (bicyclic) bond motifs is 1. The Morgan fingerprint density at radius 3 is 2.60 bits per heavy atom. The van der Waals surface area contributed by atoms with Crippen molar-refractivity contribution in [1.82, 2.24) is 30.0 Å². The molecule has 204 valence electrons. The van der Waals surface area contributed by atoms with Crippen molar-refractivity contribution in [2.45, 2.75) is 38.4 Å². The van der Waals surface area contributed by atoms with Gasteiger partial charge in [0.2, 0.25) is 0 Å². The molecule has 2 aliphatic rings. The van der Waals surface area contributed by atoms with Crippen LogP contribution in [0.4, 0.5) is 5.69 Å². The predicted molar refractivity (Wildman–Crippen MR) is 153 cm³/mol. The zero-order chi connectivity index (χ0) is 27.8. The lowest BCUT2D eigenvalue weighted by molar-refractivity contribution is -0.121. The second-order valence-electron chi connectivity index (χ2n) is 10.5. The maximum absolute atomic E-state index is 13.8. The molecule has 2 aliphatic heterocycles. The lowest BCUT2D eigenvalue weighted by atomic mass is 9.99. The van der Waals surface area contributed by atoms with Crippen molar-refractivity contribution in [1.29, 1.82) is 0 Å². The molecule has 1 aromatic heterocycles. The van der Waals surface area contributed by atoms with Crippen LogP contribution in [-0.2, 0) is 18.4 Å². The number of nitrogens with one attached hydrogen (secondary N) is 1. The third-order valence-electron chi connectivity index (χ3n) is 7.83. The van der Waals surface area contributed by atoms with Crippen molar-refractivity contribution >= 4 is 29.1 Å². The Bertz CT molecular complexity index is 1580. The van der Waals surface area contributed by atoms with Gasteiger partial charge in [-0.25, -0.2) is 4.68 Å². The summed E-state index contributed by atoms with van der Waals surface area (Å²) in [6, 6.07) is 20.3. The summed E-state index contributed by atoms with van der Waals surface area (Å²) in [6.07, 6.45) is 1.59. The molecule has 1 unspecified atom stereocenters. The summed E-state index contributed by atoms with van der Waals surface area (Å²) in [4.78, 5) is 31.7. The summed E-state index contributed by atoms with van der Waals surface area (Å²) in [5.41, 5.74) is 5.05. The molecule has 1 fully saturated rings. The van der Waals surface area contributed by atoms with E-state index in [-0.39, 0.29) is 17.9 Å². The number of rotatable bonds is 6. The third-order valence-corrected chi connectivity index (χ3v) is 8.26. The van der Waals surface area contributed by atoms with E-state index < -0.39 is 6.04 Å². The zero-order valence-corrected chi connectivity index (χ0v) is 23.2. The summed E-state index contributed by atoms with van der Waals surface area (Å²) in [6.45, 7) is 4.53. The van der Waals surface area contributed by atoms with Crippen LogP contribution in [-0.4, -0.2) is 61.0 Å². The number of likely N-dealkylation sites (tertiary alicyclic amines) is 1. The first kappa shape index (κ1) is 26.2. The van der Waals surface area contributed by atoms with Crippen molar-refractivity contribution in [3.8, 4) is 11.4 Å². The highest BCUT2D eigenvalue weighted by Crippen LogP contribution is 2.38. The molecule has 1 saturated heterocycles. The maximum Gasteiger partial charge on any atom is 0.255 e. The maximum atomic E-state index is 13.8. The van der Waals surface area contributed by atoms with E-state index in [9.17, 15) is 9.59 Å². The quantitative estimate of drug-likeness (QED) is 0.372. The van der Waals surface area contributed by atoms with Gasteiger partial charge in [0.05, 0.1) is 0 Å². The number of amides is 2. The lowest BCUT2D eigenvalue weighted by Crippen LogP contribution is -2.48. The van der Waals surface area contributed by atoms with Crippen LogP contribution in [0.3, 0.4) is 0 Å². The van der Waals surface area contributed by atoms with Gasteiger partial charge in [0.25, 0.3) is 11.8 Å². The van der Waals surface area contributed by atoms with E-state index in [0.717, 1.165) is 54.2 Å². The number of aryl methyl sites for hydroxylation is 2. The fraction of sp³-hybridized carbons (Fsp3) is 0.300. The summed E-state index contributed by atoms with van der Waals surface area (Å²) in [5.74, 6) is 0.284. The highest BCUT2D eigenvalue weighted by molar-refractivity contribution is 6.31. The molecule has 0 radical (unpaired) electrons. The van der Waals surface area contributed by atoms with Gasteiger partial charge >= 0.3 is 0 Å². The van der Waals surface area contributed by atoms with E-state index in [1.54, 1.807) is 16.6 Å². The molecule has 0 bridgehead atoms. The summed E-state index contributed by atoms with van der Waals surface area (Å²) < 4.78 is 1.58. The summed E-state index contributed by atoms with van der Waals surface area (Å²) in [5, 5.41) is 15.5. The number of piperidine rings is 1. The fourth-order valence-corrected chi connectivity index (χ4v) is 5.94. The predicted octanol–water partition coefficient (Wildman–Crippen LogP) is 4.64. The highest BCUT2D eigenvalue weighted by atomic mass is 35.5. The molecule has 2 amide bonds. The molecule has 1 N–H and O–H groups in total. The van der Waals surface area contributed by atoms with Gasteiger partial charge in [-0.1, -0.05) is 54.1 Å². The van der Waals surface area contributed by atoms with Gasteiger partial charge in [0.1, 0.15) is 6.04 Å². The van der Waals surface area contributed by atoms with Crippen molar-refractivity contribution in [2.75, 3.05) is 18.4 Å². The van der Waals surface area contributed by atoms with Crippen LogP contribution in [0.25, 0.3) is 11.4 Å². The average molecular weight is 556 g/mol. The molecule has 9 nitrogen and oxygen atoms in total. The minimum absolute atomic E-state index is 0.0325. The van der Waals surface area contributed by atoms with Crippen LogP contribution in [0.2, 0.25) is 5.02 Å². The Hall–Kier alpha value is -4.08. The summed E-state index contributed by atoms with van der Waals surface area (Å²) >= 11 is 6.20. The van der Waals surface area contributed by atoms with Crippen molar-refractivity contribution in [3.05, 3.63) is 94.0 Å². The first-order chi connectivity index (χ1) is 19.4. The van der Waals surface area contributed by atoms with Crippen LogP contribution in [0.15, 0.2) is 66.7 Å². The van der Waals surface area contributed by atoms with Crippen molar-refractivity contribution in [3.63, 3.8) is 0 Å². The minimum Gasteiger partial charge on any atom is -0.324 e. The lowest BCUT2D eigenvalue weighted by Gasteiger charge is -2.39. The molecule has 3 heterocycles. The van der Waals surface area contributed by atoms with E-state index >= 15 is 0 Å². The molecule has 3 aromatic carbocycles. The van der Waals surface area contributed by atoms with Crippen LogP contribution >= 0.6 is 11.6 Å². The number of carbonyl (C=O) groups is 2. The molecule has 10 heteroatoms. The van der Waals surface area contributed by atoms with E-state index in [2.05, 4.69) is 37.9 Å². The molecule has 0 aliphatic carbocycles. The molecule has 4 aromatic rings. The monoisotopic (exact) mass is 555 g/mol. The van der Waals surface area contributed by atoms with E-state index in [4.69, 9.17) is 11.6 Å². The van der Waals surface area contributed by atoms with Crippen LogP contribution in [0.1, 0.15) is 45.9 Å². The van der Waals surface area contributed by atoms with Gasteiger partial charge in [0, 0.05) is 54.6 Å². The van der Waals surface area contributed by atoms with Crippen molar-refractivity contribution in [2.24, 2.45) is 7.05 Å². The van der Waals surface area contributed by atoms with E-state index in [0.29, 0.717) is 17.1 Å². The number of anilines is 1. The minimum atomic E-state index is -0.695. The van der Waals surface area contributed by atoms with Crippen molar-refractivity contribution < 1.29 is 9.59 Å². The Labute approximate surface area is 237 Å². The largest absolute Gasteiger partial charge is 0.324 e. The van der Waals surface area contributed by atoms with E-state index in [1.807, 2.05) is 61.5 Å². The number of benzene rings is 3. The Balaban J connectivity index is 1.20. The van der Waals surface area contributed by atoms with Gasteiger partial charge in [-0.3, -0.25) is 14.5 Å². The van der Waals surface area contributed by atoms with Gasteiger partial charge in [-0.2, -0.15) is 0 Å². The van der Waals surface area contributed by atoms with Crippen LogP contribution < -0.4 is 5.32 Å². The van der Waals surface area contributed by atoms with E-state index in [1.165, 1.54) is 5.56 Å². The first-order valence-electron chi connectivity index (χ1n) is 13.4. The van der Waals surface area contributed by atoms with Gasteiger partial charge in [0.15, 0.2) is 5.82 Å². The number of carbonyl (C=O) groups excluding carboxylic acids is 2. The normalized spacial score (nSPS) is 17.7. The molecule has 0 saturated carbocycles. The SMILES string of the molecule is Cc1cc(CN2CCC(N3C(=O)c4ccccc4C3C(=O)Nc3cccc(-c4nnnn4C)c3)CC2)ccc1Cl. The molecule has 0 spiro atoms. The topological polar surface area (TPSA) is 96.2 Å². The third kappa shape index (κ3) is 4.98. The van der Waals surface area contributed by atoms with Gasteiger partial charge in [-0.05, 0) is 71.1 Å². The standard InChI is InChI=1S/C30H30ClN7O2/c1-19-16-20(10-11-26(19)31)18-37-14-12-23(13-15-37)38-27(24-8-3-4-9-25(24)30(38)40)29(39)32-22-7-5-6-21(17-22)28-33-34-35-36(28)2/h3-11,16-17,23,27H,12-15,18H2,1-2H3,(H,32,39). The Morgan fingerprint density at radius 1 is 1.05 bits per heavy atom. The number of hydrogen-bond donors (Lipinski definition) is 1. The molecule has 40 heavy (non-hydrogen) atoms. The smallest absolute Gasteiger partial charge is 0.255 e. The molecular formula is C30H30ClN7O2. The Morgan fingerprint density at radius 2 is 1.85 bits per heavy atom. The molecular weight excluding hydrogens is 526 g/mol. The highest BCUT2D eigenvalue weighted by Gasteiger charge is 2.45. The second-order valence-corrected chi connectivity index (χ2v) is 10.9. The molecule has 6 rings (SSSR count). The summed E-state index contributed by atoms with van der Waals surface area (Å²) in [7, 11) is 1.77.